The number of carbonyl (C=O) groups excluding carboxylic acids is 3. The molecule has 29 heavy (non-hydrogen) atoms. The van der Waals surface area contributed by atoms with E-state index in [-0.39, 0.29) is 12.5 Å². The molecule has 2 aromatic rings. The third-order valence-corrected chi connectivity index (χ3v) is 4.22. The van der Waals surface area contributed by atoms with Crippen LogP contribution in [0.1, 0.15) is 35.3 Å². The van der Waals surface area contributed by atoms with E-state index >= 15 is 0 Å². The van der Waals surface area contributed by atoms with E-state index in [4.69, 9.17) is 9.47 Å². The Morgan fingerprint density at radius 2 is 1.62 bits per heavy atom. The highest BCUT2D eigenvalue weighted by Gasteiger charge is 2.19. The Morgan fingerprint density at radius 3 is 2.21 bits per heavy atom. The van der Waals surface area contributed by atoms with Crippen LogP contribution in [0.25, 0.3) is 0 Å². The molecule has 2 rings (SSSR count). The molecule has 0 bridgehead atoms. The molecule has 154 valence electrons. The highest BCUT2D eigenvalue weighted by atomic mass is 16.5. The minimum Gasteiger partial charge on any atom is -0.494 e. The fourth-order valence-electron chi connectivity index (χ4n) is 2.64. The number of hydrogen-bond acceptors (Lipinski definition) is 5. The summed E-state index contributed by atoms with van der Waals surface area (Å²) in [7, 11) is 0. The fourth-order valence-corrected chi connectivity index (χ4v) is 2.64. The molecule has 0 aliphatic rings. The van der Waals surface area contributed by atoms with Gasteiger partial charge >= 0.3 is 5.97 Å². The molecule has 1 unspecified atom stereocenters. The number of para-hydroxylation sites is 1. The molecule has 0 fully saturated rings. The van der Waals surface area contributed by atoms with Gasteiger partial charge in [-0.3, -0.25) is 9.59 Å². The van der Waals surface area contributed by atoms with Crippen molar-refractivity contribution >= 4 is 23.5 Å². The molecule has 7 nitrogen and oxygen atoms in total. The number of nitrogens with one attached hydrogen (secondary N) is 2. The Hall–Kier alpha value is -3.35. The van der Waals surface area contributed by atoms with Gasteiger partial charge in [0, 0.05) is 5.69 Å². The van der Waals surface area contributed by atoms with Crippen LogP contribution in [0, 0.1) is 13.8 Å². The molecule has 0 aliphatic carbocycles. The second kappa shape index (κ2) is 10.3. The highest BCUT2D eigenvalue weighted by Crippen LogP contribution is 2.19. The van der Waals surface area contributed by atoms with Crippen molar-refractivity contribution in [3.63, 3.8) is 0 Å². The quantitative estimate of drug-likeness (QED) is 0.667. The first-order valence-corrected chi connectivity index (χ1v) is 9.39. The molecule has 2 amide bonds. The van der Waals surface area contributed by atoms with Gasteiger partial charge in [0.25, 0.3) is 5.91 Å². The van der Waals surface area contributed by atoms with Gasteiger partial charge in [-0.1, -0.05) is 18.2 Å². The van der Waals surface area contributed by atoms with E-state index in [1.54, 1.807) is 24.3 Å². The summed E-state index contributed by atoms with van der Waals surface area (Å²) in [6, 6.07) is 12.1. The lowest BCUT2D eigenvalue weighted by Gasteiger charge is -2.15. The van der Waals surface area contributed by atoms with E-state index in [1.165, 1.54) is 6.92 Å². The van der Waals surface area contributed by atoms with Crippen molar-refractivity contribution in [2.24, 2.45) is 0 Å². The number of aryl methyl sites for hydroxylation is 2. The van der Waals surface area contributed by atoms with Gasteiger partial charge in [0.1, 0.15) is 5.75 Å². The van der Waals surface area contributed by atoms with Crippen LogP contribution in [0.3, 0.4) is 0 Å². The summed E-state index contributed by atoms with van der Waals surface area (Å²) in [4.78, 5) is 36.4. The average molecular weight is 398 g/mol. The summed E-state index contributed by atoms with van der Waals surface area (Å²) in [5.74, 6) is -0.901. The Bertz CT molecular complexity index is 857. The van der Waals surface area contributed by atoms with Gasteiger partial charge in [-0.05, 0) is 63.1 Å². The smallest absolute Gasteiger partial charge is 0.338 e. The lowest BCUT2D eigenvalue weighted by atomic mass is 10.1. The van der Waals surface area contributed by atoms with Crippen LogP contribution in [0.15, 0.2) is 42.5 Å². The predicted molar refractivity (Wildman–Crippen MR) is 110 cm³/mol. The molecule has 2 N–H and O–H groups in total. The van der Waals surface area contributed by atoms with Crippen molar-refractivity contribution in [3.05, 3.63) is 59.2 Å². The zero-order chi connectivity index (χ0) is 21.4. The maximum absolute atomic E-state index is 12.2. The molecule has 0 saturated heterocycles. The number of carbonyl (C=O) groups is 3. The maximum atomic E-state index is 12.2. The van der Waals surface area contributed by atoms with Crippen molar-refractivity contribution < 1.29 is 23.9 Å². The number of esters is 1. The summed E-state index contributed by atoms with van der Waals surface area (Å²) in [6.07, 6.45) is -1.04. The van der Waals surface area contributed by atoms with Crippen LogP contribution < -0.4 is 15.4 Å². The van der Waals surface area contributed by atoms with Crippen LogP contribution in [-0.4, -0.2) is 37.0 Å². The van der Waals surface area contributed by atoms with Gasteiger partial charge in [-0.2, -0.15) is 0 Å². The first-order chi connectivity index (χ1) is 13.8. The van der Waals surface area contributed by atoms with Crippen LogP contribution in [-0.2, 0) is 14.3 Å². The molecule has 1 atom stereocenters. The van der Waals surface area contributed by atoms with E-state index in [1.807, 2.05) is 39.0 Å². The number of ether oxygens (including phenoxy) is 2. The molecule has 0 aromatic heterocycles. The van der Waals surface area contributed by atoms with E-state index in [0.29, 0.717) is 17.9 Å². The van der Waals surface area contributed by atoms with E-state index in [2.05, 4.69) is 10.6 Å². The van der Waals surface area contributed by atoms with Crippen LogP contribution in [0.5, 0.6) is 5.75 Å². The molecular formula is C22H26N2O5. The van der Waals surface area contributed by atoms with Crippen molar-refractivity contribution in [2.45, 2.75) is 33.8 Å². The monoisotopic (exact) mass is 398 g/mol. The lowest BCUT2D eigenvalue weighted by Crippen LogP contribution is -2.40. The van der Waals surface area contributed by atoms with Crippen molar-refractivity contribution in [1.29, 1.82) is 0 Å². The molecule has 0 radical (unpaired) electrons. The fraction of sp³-hybridized carbons (Fsp3) is 0.318. The Kier molecular flexibility index (Phi) is 7.77. The van der Waals surface area contributed by atoms with Crippen LogP contribution >= 0.6 is 0 Å². The Balaban J connectivity index is 1.83. The highest BCUT2D eigenvalue weighted by molar-refractivity contribution is 5.97. The second-order valence-corrected chi connectivity index (χ2v) is 6.54. The Labute approximate surface area is 170 Å². The van der Waals surface area contributed by atoms with Gasteiger partial charge in [0.15, 0.2) is 6.10 Å². The second-order valence-electron chi connectivity index (χ2n) is 6.54. The zero-order valence-corrected chi connectivity index (χ0v) is 17.1. The third-order valence-electron chi connectivity index (χ3n) is 4.22. The van der Waals surface area contributed by atoms with Gasteiger partial charge in [0.05, 0.1) is 18.7 Å². The number of anilines is 1. The third kappa shape index (κ3) is 6.34. The average Bonchev–Trinajstić information content (AvgIpc) is 2.69. The van der Waals surface area contributed by atoms with Crippen LogP contribution in [0.2, 0.25) is 0 Å². The number of amides is 2. The summed E-state index contributed by atoms with van der Waals surface area (Å²) in [6.45, 7) is 7.40. The molecule has 0 aliphatic heterocycles. The topological polar surface area (TPSA) is 93.7 Å². The number of benzene rings is 2. The van der Waals surface area contributed by atoms with Crippen molar-refractivity contribution in [2.75, 3.05) is 18.5 Å². The summed E-state index contributed by atoms with van der Waals surface area (Å²) < 4.78 is 10.5. The van der Waals surface area contributed by atoms with Gasteiger partial charge < -0.3 is 20.1 Å². The molecule has 0 spiro atoms. The van der Waals surface area contributed by atoms with E-state index < -0.39 is 18.0 Å². The van der Waals surface area contributed by atoms with Gasteiger partial charge in [-0.25, -0.2) is 4.79 Å². The summed E-state index contributed by atoms with van der Waals surface area (Å²) in [5.41, 5.74) is 2.90. The lowest BCUT2D eigenvalue weighted by molar-refractivity contribution is -0.130. The SMILES string of the molecule is CCOc1ccc(C(=O)OC(C)C(=O)NCC(=O)Nc2c(C)cccc2C)cc1. The normalized spacial score (nSPS) is 11.3. The molecule has 2 aromatic carbocycles. The zero-order valence-electron chi connectivity index (χ0n) is 17.1. The Morgan fingerprint density at radius 1 is 1.00 bits per heavy atom. The van der Waals surface area contributed by atoms with Crippen LogP contribution in [0.4, 0.5) is 5.69 Å². The van der Waals surface area contributed by atoms with E-state index in [0.717, 1.165) is 16.8 Å². The van der Waals surface area contributed by atoms with Gasteiger partial charge in [-0.15, -0.1) is 0 Å². The first-order valence-electron chi connectivity index (χ1n) is 9.39. The number of hydrogen-bond donors (Lipinski definition) is 2. The summed E-state index contributed by atoms with van der Waals surface area (Å²) >= 11 is 0. The van der Waals surface area contributed by atoms with E-state index in [9.17, 15) is 14.4 Å². The minimum absolute atomic E-state index is 0.225. The predicted octanol–water partition coefficient (Wildman–Crippen LogP) is 3.00. The number of rotatable bonds is 8. The molecular weight excluding hydrogens is 372 g/mol. The molecule has 0 saturated carbocycles. The van der Waals surface area contributed by atoms with Crippen molar-refractivity contribution in [1.82, 2.24) is 5.32 Å². The first kappa shape index (κ1) is 21.9. The molecule has 0 heterocycles. The largest absolute Gasteiger partial charge is 0.494 e. The standard InChI is InChI=1S/C22H26N2O5/c1-5-28-18-11-9-17(10-12-18)22(27)29-16(4)21(26)23-13-19(25)24-20-14(2)7-6-8-15(20)3/h6-12,16H,5,13H2,1-4H3,(H,23,26)(H,24,25). The molecule has 7 heteroatoms. The maximum Gasteiger partial charge on any atom is 0.338 e. The van der Waals surface area contributed by atoms with Crippen molar-refractivity contribution in [3.8, 4) is 5.75 Å². The van der Waals surface area contributed by atoms with Gasteiger partial charge in [0.2, 0.25) is 5.91 Å². The minimum atomic E-state index is -1.04. The summed E-state index contributed by atoms with van der Waals surface area (Å²) in [5, 5.41) is 5.26.